The van der Waals surface area contributed by atoms with Gasteiger partial charge in [-0.2, -0.15) is 0 Å². The third kappa shape index (κ3) is 4.18. The fourth-order valence-corrected chi connectivity index (χ4v) is 6.66. The number of nitrogens with zero attached hydrogens (tertiary/aromatic N) is 1. The number of aromatic hydroxyl groups is 1. The van der Waals surface area contributed by atoms with Crippen LogP contribution in [0.2, 0.25) is 0 Å². The van der Waals surface area contributed by atoms with Crippen molar-refractivity contribution in [2.75, 3.05) is 26.1 Å². The predicted octanol–water partition coefficient (Wildman–Crippen LogP) is 4.83. The number of rotatable bonds is 5. The van der Waals surface area contributed by atoms with Crippen molar-refractivity contribution in [1.29, 1.82) is 0 Å². The lowest BCUT2D eigenvalue weighted by Gasteiger charge is -2.30. The third-order valence-electron chi connectivity index (χ3n) is 5.31. The molecule has 0 fully saturated rings. The number of benzene rings is 3. The van der Waals surface area contributed by atoms with Crippen LogP contribution in [0.4, 0.5) is 5.69 Å². The van der Waals surface area contributed by atoms with Crippen molar-refractivity contribution < 1.29 is 9.84 Å². The van der Waals surface area contributed by atoms with Gasteiger partial charge < -0.3 is 14.7 Å². The molecule has 0 aliphatic carbocycles. The maximum atomic E-state index is 11.5. The molecule has 0 radical (unpaired) electrons. The van der Waals surface area contributed by atoms with Gasteiger partial charge in [0.15, 0.2) is 0 Å². The summed E-state index contributed by atoms with van der Waals surface area (Å²) in [6, 6.07) is 20.8. The van der Waals surface area contributed by atoms with Crippen LogP contribution in [0.5, 0.6) is 11.5 Å². The molecule has 0 amide bonds. The SMILES string of the molecule is COc1cccc(C)c1P(c1ccccc1N(C)C)c1cccc(C(C)(C)C)c1O. The Morgan fingerprint density at radius 3 is 2.13 bits per heavy atom. The highest BCUT2D eigenvalue weighted by molar-refractivity contribution is 7.80. The van der Waals surface area contributed by atoms with Crippen molar-refractivity contribution in [2.45, 2.75) is 33.1 Å². The summed E-state index contributed by atoms with van der Waals surface area (Å²) >= 11 is 0. The molecule has 0 bridgehead atoms. The Hall–Kier alpha value is -2.51. The van der Waals surface area contributed by atoms with E-state index in [2.05, 4.69) is 89.2 Å². The molecule has 0 aliphatic heterocycles. The summed E-state index contributed by atoms with van der Waals surface area (Å²) < 4.78 is 5.81. The fraction of sp³-hybridized carbons (Fsp3) is 0.308. The van der Waals surface area contributed by atoms with Gasteiger partial charge in [0.05, 0.1) is 7.11 Å². The first-order chi connectivity index (χ1) is 14.2. The number of para-hydroxylation sites is 2. The average molecular weight is 422 g/mol. The molecule has 30 heavy (non-hydrogen) atoms. The van der Waals surface area contributed by atoms with Gasteiger partial charge in [-0.15, -0.1) is 0 Å². The smallest absolute Gasteiger partial charge is 0.127 e. The molecule has 1 N–H and O–H groups in total. The molecule has 0 saturated carbocycles. The van der Waals surface area contributed by atoms with Crippen LogP contribution < -0.4 is 25.6 Å². The van der Waals surface area contributed by atoms with E-state index in [1.807, 2.05) is 18.2 Å². The Bertz CT molecular complexity index is 1040. The zero-order valence-corrected chi connectivity index (χ0v) is 19.9. The summed E-state index contributed by atoms with van der Waals surface area (Å²) in [6.07, 6.45) is 0. The molecular weight excluding hydrogens is 389 g/mol. The second-order valence-corrected chi connectivity index (χ2v) is 10.8. The molecule has 0 saturated heterocycles. The summed E-state index contributed by atoms with van der Waals surface area (Å²) in [5.74, 6) is 1.24. The molecule has 0 aromatic heterocycles. The van der Waals surface area contributed by atoms with Crippen molar-refractivity contribution in [3.05, 3.63) is 71.8 Å². The summed E-state index contributed by atoms with van der Waals surface area (Å²) in [5, 5.41) is 14.8. The first kappa shape index (κ1) is 22.2. The minimum atomic E-state index is -1.05. The van der Waals surface area contributed by atoms with Gasteiger partial charge in [0.25, 0.3) is 0 Å². The van der Waals surface area contributed by atoms with Crippen LogP contribution in [0.1, 0.15) is 31.9 Å². The molecule has 3 rings (SSSR count). The number of ether oxygens (including phenoxy) is 1. The highest BCUT2D eigenvalue weighted by atomic mass is 31.1. The van der Waals surface area contributed by atoms with E-state index in [1.165, 1.54) is 5.30 Å². The molecule has 0 aliphatic rings. The van der Waals surface area contributed by atoms with Crippen LogP contribution in [0.3, 0.4) is 0 Å². The third-order valence-corrected chi connectivity index (χ3v) is 8.04. The number of hydrogen-bond acceptors (Lipinski definition) is 3. The predicted molar refractivity (Wildman–Crippen MR) is 131 cm³/mol. The summed E-state index contributed by atoms with van der Waals surface area (Å²) in [7, 11) is 4.79. The van der Waals surface area contributed by atoms with E-state index < -0.39 is 7.92 Å². The molecule has 0 heterocycles. The standard InChI is InChI=1S/C26H32NO2P/c1-18-12-10-15-21(29-7)25(18)30(22-16-9-8-14-20(22)27(5)6)23-17-11-13-19(24(23)28)26(2,3)4/h8-17,28H,1-7H3. The number of aryl methyl sites for hydroxylation is 1. The van der Waals surface area contributed by atoms with Crippen molar-refractivity contribution >= 4 is 29.5 Å². The molecule has 3 aromatic carbocycles. The number of hydrogen-bond donors (Lipinski definition) is 1. The fourth-order valence-electron chi connectivity index (χ4n) is 3.80. The minimum absolute atomic E-state index is 0.155. The quantitative estimate of drug-likeness (QED) is 0.599. The van der Waals surface area contributed by atoms with Gasteiger partial charge >= 0.3 is 0 Å². The lowest BCUT2D eigenvalue weighted by atomic mass is 9.86. The van der Waals surface area contributed by atoms with E-state index in [0.29, 0.717) is 5.75 Å². The Morgan fingerprint density at radius 2 is 1.50 bits per heavy atom. The zero-order valence-electron chi connectivity index (χ0n) is 19.0. The monoisotopic (exact) mass is 421 g/mol. The van der Waals surface area contributed by atoms with Crippen molar-refractivity contribution in [3.8, 4) is 11.5 Å². The van der Waals surface area contributed by atoms with Crippen molar-refractivity contribution in [3.63, 3.8) is 0 Å². The zero-order chi connectivity index (χ0) is 22.1. The lowest BCUT2D eigenvalue weighted by molar-refractivity contribution is 0.418. The van der Waals surface area contributed by atoms with Gasteiger partial charge in [-0.3, -0.25) is 0 Å². The molecule has 3 aromatic rings. The molecule has 158 valence electrons. The van der Waals surface area contributed by atoms with Gasteiger partial charge in [-0.1, -0.05) is 69.3 Å². The van der Waals surface area contributed by atoms with Crippen LogP contribution in [-0.4, -0.2) is 26.3 Å². The Morgan fingerprint density at radius 1 is 0.867 bits per heavy atom. The van der Waals surface area contributed by atoms with Crippen LogP contribution in [0.25, 0.3) is 0 Å². The van der Waals surface area contributed by atoms with Gasteiger partial charge in [0, 0.05) is 35.7 Å². The maximum absolute atomic E-state index is 11.5. The average Bonchev–Trinajstić information content (AvgIpc) is 2.69. The Kier molecular flexibility index (Phi) is 6.43. The highest BCUT2D eigenvalue weighted by Gasteiger charge is 2.29. The number of methoxy groups -OCH3 is 1. The normalized spacial score (nSPS) is 12.5. The van der Waals surface area contributed by atoms with E-state index in [-0.39, 0.29) is 5.41 Å². The Labute approximate surface area is 182 Å². The second-order valence-electron chi connectivity index (χ2n) is 8.77. The van der Waals surface area contributed by atoms with Gasteiger partial charge in [0.1, 0.15) is 11.5 Å². The van der Waals surface area contributed by atoms with Crippen LogP contribution in [0.15, 0.2) is 60.7 Å². The maximum Gasteiger partial charge on any atom is 0.127 e. The van der Waals surface area contributed by atoms with Gasteiger partial charge in [0.2, 0.25) is 0 Å². The van der Waals surface area contributed by atoms with Gasteiger partial charge in [-0.05, 0) is 43.5 Å². The highest BCUT2D eigenvalue weighted by Crippen LogP contribution is 2.44. The van der Waals surface area contributed by atoms with E-state index in [9.17, 15) is 5.11 Å². The van der Waals surface area contributed by atoms with Crippen molar-refractivity contribution in [1.82, 2.24) is 0 Å². The number of anilines is 1. The van der Waals surface area contributed by atoms with Crippen LogP contribution >= 0.6 is 7.92 Å². The summed E-state index contributed by atoms with van der Waals surface area (Å²) in [4.78, 5) is 2.14. The first-order valence-electron chi connectivity index (χ1n) is 10.2. The molecule has 3 nitrogen and oxygen atoms in total. The van der Waals surface area contributed by atoms with Crippen LogP contribution in [-0.2, 0) is 5.41 Å². The second kappa shape index (κ2) is 8.70. The first-order valence-corrected chi connectivity index (χ1v) is 11.5. The van der Waals surface area contributed by atoms with Gasteiger partial charge in [-0.25, -0.2) is 0 Å². The van der Waals surface area contributed by atoms with E-state index >= 15 is 0 Å². The minimum Gasteiger partial charge on any atom is -0.507 e. The summed E-state index contributed by atoms with van der Waals surface area (Å²) in [6.45, 7) is 8.53. The molecule has 4 heteroatoms. The van der Waals surface area contributed by atoms with E-state index in [0.717, 1.165) is 33.2 Å². The van der Waals surface area contributed by atoms with Crippen LogP contribution in [0, 0.1) is 6.92 Å². The largest absolute Gasteiger partial charge is 0.507 e. The van der Waals surface area contributed by atoms with E-state index in [4.69, 9.17) is 4.74 Å². The molecular formula is C26H32NO2P. The van der Waals surface area contributed by atoms with E-state index in [1.54, 1.807) is 7.11 Å². The number of phenolic OH excluding ortho intramolecular Hbond substituents is 1. The molecule has 1 atom stereocenters. The van der Waals surface area contributed by atoms with Crippen molar-refractivity contribution in [2.24, 2.45) is 0 Å². The number of phenols is 1. The molecule has 1 unspecified atom stereocenters. The summed E-state index contributed by atoms with van der Waals surface area (Å²) in [5.41, 5.74) is 3.12. The lowest BCUT2D eigenvalue weighted by Crippen LogP contribution is -2.29. The molecule has 0 spiro atoms. The Balaban J connectivity index is 2.41. The topological polar surface area (TPSA) is 32.7 Å².